The van der Waals surface area contributed by atoms with Crippen LogP contribution >= 0.6 is 0 Å². The largest absolute Gasteiger partial charge is 0.306 e. The highest BCUT2D eigenvalue weighted by Crippen LogP contribution is 2.62. The molecule has 0 unspecified atom stereocenters. The predicted molar refractivity (Wildman–Crippen MR) is 216 cm³/mol. The van der Waals surface area contributed by atoms with Crippen LogP contribution in [0.3, 0.4) is 0 Å². The van der Waals surface area contributed by atoms with E-state index < -0.39 is 0 Å². The quantitative estimate of drug-likeness (QED) is 0.159. The molecule has 0 atom stereocenters. The zero-order chi connectivity index (χ0) is 35.4. The minimum absolute atomic E-state index is 0.0366. The SMILES string of the molecule is CC1(C)c2ccccc2-c2c1ncc1c2c2c3c4c(c5c6c7c(c(C#N)cc6n1c25)C1c2ccccc2C7c2ccccc21)CCc1cccc(c1-4)CC3. The molecule has 6 aliphatic rings. The third-order valence-corrected chi connectivity index (χ3v) is 14.5. The van der Waals surface area contributed by atoms with Gasteiger partial charge in [0.15, 0.2) is 0 Å². The fourth-order valence-electron chi connectivity index (χ4n) is 12.6. The number of rotatable bonds is 0. The average molecular weight is 688 g/mol. The highest BCUT2D eigenvalue weighted by molar-refractivity contribution is 6.31. The minimum Gasteiger partial charge on any atom is -0.306 e. The molecule has 0 saturated heterocycles. The molecule has 0 aliphatic heterocycles. The standard InChI is InChI=1S/C51H33N3/c1-51(2)35-17-8-7-16-32(35)45-47-37(24-53-50(45)51)54-36-22-27(23-52)39-40-28-12-3-5-14-30(28)41(31-15-6-4-13-29(31)40)48(39)46(36)43-33-20-18-25-10-9-11-26-19-21-34(42(33)38(25)26)44(47)49(43)54/h3-17,22,24,40-41H,18-21H2,1-2H3. The van der Waals surface area contributed by atoms with Crippen molar-refractivity contribution in [3.05, 3.63) is 176 Å². The van der Waals surface area contributed by atoms with Crippen molar-refractivity contribution in [1.29, 1.82) is 5.26 Å². The van der Waals surface area contributed by atoms with Crippen LogP contribution in [0, 0.1) is 11.3 Å². The van der Waals surface area contributed by atoms with Crippen LogP contribution in [0.25, 0.3) is 60.3 Å². The normalized spacial score (nSPS) is 18.8. The highest BCUT2D eigenvalue weighted by atomic mass is 14.9. The first-order valence-electron chi connectivity index (χ1n) is 19.6. The first-order valence-corrected chi connectivity index (χ1v) is 19.6. The lowest BCUT2D eigenvalue weighted by atomic mass is 9.59. The first-order chi connectivity index (χ1) is 26.6. The Morgan fingerprint density at radius 2 is 1.24 bits per heavy atom. The second-order valence-corrected chi connectivity index (χ2v) is 17.0. The van der Waals surface area contributed by atoms with E-state index >= 15 is 0 Å². The Balaban J connectivity index is 1.26. The van der Waals surface area contributed by atoms with E-state index in [4.69, 9.17) is 4.98 Å². The number of hydrogen-bond acceptors (Lipinski definition) is 2. The smallest absolute Gasteiger partial charge is 0.0995 e. The van der Waals surface area contributed by atoms with Crippen molar-refractivity contribution in [3.8, 4) is 28.3 Å². The number of fused-ring (bicyclic) bond motifs is 12. The third-order valence-electron chi connectivity index (χ3n) is 14.5. The number of pyridine rings is 1. The molecule has 0 fully saturated rings. The van der Waals surface area contributed by atoms with E-state index in [2.05, 4.69) is 128 Å². The minimum atomic E-state index is -0.197. The van der Waals surface area contributed by atoms with Gasteiger partial charge in [-0.05, 0) is 110 Å². The molecule has 0 N–H and O–H groups in total. The van der Waals surface area contributed by atoms with Crippen molar-refractivity contribution in [1.82, 2.24) is 9.38 Å². The van der Waals surface area contributed by atoms with Gasteiger partial charge < -0.3 is 4.40 Å². The van der Waals surface area contributed by atoms with Gasteiger partial charge in [0.25, 0.3) is 0 Å². The lowest BCUT2D eigenvalue weighted by Crippen LogP contribution is -2.28. The maximum absolute atomic E-state index is 11.1. The van der Waals surface area contributed by atoms with E-state index in [0.717, 1.165) is 36.8 Å². The fraction of sp³-hybridized carbons (Fsp3) is 0.176. The molecule has 0 saturated carbocycles. The van der Waals surface area contributed by atoms with Gasteiger partial charge in [0.2, 0.25) is 0 Å². The summed E-state index contributed by atoms with van der Waals surface area (Å²) < 4.78 is 2.56. The number of nitriles is 1. The molecule has 3 heteroatoms. The topological polar surface area (TPSA) is 41.1 Å². The first kappa shape index (κ1) is 28.3. The summed E-state index contributed by atoms with van der Waals surface area (Å²) in [6.45, 7) is 4.68. The van der Waals surface area contributed by atoms with E-state index in [1.54, 1.807) is 0 Å². The van der Waals surface area contributed by atoms with E-state index in [9.17, 15) is 5.26 Å². The Hall–Kier alpha value is -6.24. The second-order valence-electron chi connectivity index (χ2n) is 17.0. The molecule has 0 amide bonds. The van der Waals surface area contributed by atoms with Crippen LogP contribution in [0.5, 0.6) is 0 Å². The fourth-order valence-corrected chi connectivity index (χ4v) is 12.6. The number of aromatic nitrogens is 2. The Bertz CT molecular complexity index is 3270. The lowest BCUT2D eigenvalue weighted by molar-refractivity contribution is 0.638. The average Bonchev–Trinajstić information content (AvgIpc) is 3.82. The highest BCUT2D eigenvalue weighted by Gasteiger charge is 2.46. The Morgan fingerprint density at radius 3 is 1.91 bits per heavy atom. The number of benzene rings is 6. The van der Waals surface area contributed by atoms with Crippen molar-refractivity contribution < 1.29 is 0 Å². The molecule has 3 aromatic heterocycles. The molecule has 15 rings (SSSR count). The van der Waals surface area contributed by atoms with Crippen LogP contribution in [0.1, 0.15) is 98.1 Å². The summed E-state index contributed by atoms with van der Waals surface area (Å²) in [4.78, 5) is 5.40. The maximum atomic E-state index is 11.1. The van der Waals surface area contributed by atoms with Crippen LogP contribution in [-0.2, 0) is 31.1 Å². The van der Waals surface area contributed by atoms with Gasteiger partial charge in [0.1, 0.15) is 0 Å². The van der Waals surface area contributed by atoms with Gasteiger partial charge in [-0.3, -0.25) is 4.98 Å². The molecule has 6 aliphatic carbocycles. The third kappa shape index (κ3) is 2.90. The molecular weight excluding hydrogens is 655 g/mol. The van der Waals surface area contributed by atoms with E-state index in [1.165, 1.54) is 122 Å². The molecule has 252 valence electrons. The summed E-state index contributed by atoms with van der Waals surface area (Å²) in [5.41, 5.74) is 26.5. The molecule has 3 heterocycles. The molecule has 3 nitrogen and oxygen atoms in total. The summed E-state index contributed by atoms with van der Waals surface area (Å²) in [7, 11) is 0. The summed E-state index contributed by atoms with van der Waals surface area (Å²) in [5.74, 6) is 0.101. The molecule has 0 radical (unpaired) electrons. The number of nitrogens with zero attached hydrogens (tertiary/aromatic N) is 3. The van der Waals surface area contributed by atoms with E-state index in [0.29, 0.717) is 0 Å². The molecular formula is C51H33N3. The molecule has 0 spiro atoms. The Kier molecular flexibility index (Phi) is 4.76. The van der Waals surface area contributed by atoms with Gasteiger partial charge in [0.05, 0.1) is 40.1 Å². The van der Waals surface area contributed by atoms with Crippen LogP contribution < -0.4 is 0 Å². The predicted octanol–water partition coefficient (Wildman–Crippen LogP) is 11.3. The summed E-state index contributed by atoms with van der Waals surface area (Å²) >= 11 is 0. The van der Waals surface area contributed by atoms with Gasteiger partial charge in [-0.1, -0.05) is 105 Å². The van der Waals surface area contributed by atoms with Crippen molar-refractivity contribution >= 4 is 38.1 Å². The van der Waals surface area contributed by atoms with Crippen molar-refractivity contribution in [3.63, 3.8) is 0 Å². The van der Waals surface area contributed by atoms with Gasteiger partial charge in [-0.2, -0.15) is 5.26 Å². The van der Waals surface area contributed by atoms with E-state index in [1.807, 2.05) is 0 Å². The van der Waals surface area contributed by atoms with Gasteiger partial charge in [-0.25, -0.2) is 0 Å². The van der Waals surface area contributed by atoms with Gasteiger partial charge >= 0.3 is 0 Å². The Morgan fingerprint density at radius 1 is 0.630 bits per heavy atom. The summed E-state index contributed by atoms with van der Waals surface area (Å²) in [6.07, 6.45) is 6.34. The monoisotopic (exact) mass is 687 g/mol. The van der Waals surface area contributed by atoms with Crippen LogP contribution in [-0.4, -0.2) is 9.38 Å². The zero-order valence-electron chi connectivity index (χ0n) is 30.1. The molecule has 6 aromatic carbocycles. The number of hydrogen-bond donors (Lipinski definition) is 0. The second kappa shape index (κ2) is 9.09. The van der Waals surface area contributed by atoms with Gasteiger partial charge in [-0.15, -0.1) is 0 Å². The Labute approximate surface area is 312 Å². The van der Waals surface area contributed by atoms with Crippen molar-refractivity contribution in [2.45, 2.75) is 56.8 Å². The lowest BCUT2D eigenvalue weighted by Gasteiger charge is -2.43. The molecule has 54 heavy (non-hydrogen) atoms. The number of aryl methyl sites for hydroxylation is 4. The van der Waals surface area contributed by atoms with Crippen LogP contribution in [0.4, 0.5) is 0 Å². The van der Waals surface area contributed by atoms with Crippen molar-refractivity contribution in [2.24, 2.45) is 0 Å². The van der Waals surface area contributed by atoms with Gasteiger partial charge in [0, 0.05) is 44.4 Å². The summed E-state index contributed by atoms with van der Waals surface area (Å²) in [6, 6.07) is 39.2. The van der Waals surface area contributed by atoms with E-state index in [-0.39, 0.29) is 17.3 Å². The molecule has 9 aromatic rings. The van der Waals surface area contributed by atoms with Crippen LogP contribution in [0.2, 0.25) is 0 Å². The zero-order valence-corrected chi connectivity index (χ0v) is 30.1. The summed E-state index contributed by atoms with van der Waals surface area (Å²) in [5, 5.41) is 16.7. The maximum Gasteiger partial charge on any atom is 0.0995 e. The molecule has 2 bridgehead atoms. The van der Waals surface area contributed by atoms with Crippen LogP contribution in [0.15, 0.2) is 103 Å². The van der Waals surface area contributed by atoms with Crippen molar-refractivity contribution in [2.75, 3.05) is 0 Å².